The third-order valence-corrected chi connectivity index (χ3v) is 3.61. The molecule has 0 aliphatic carbocycles. The second-order valence-electron chi connectivity index (χ2n) is 4.13. The first kappa shape index (κ1) is 15.3. The lowest BCUT2D eigenvalue weighted by Gasteiger charge is -2.07. The fourth-order valence-corrected chi connectivity index (χ4v) is 2.42. The highest BCUT2D eigenvalue weighted by Gasteiger charge is 2.11. The molecule has 0 atom stereocenters. The Labute approximate surface area is 135 Å². The van der Waals surface area contributed by atoms with Crippen LogP contribution in [0.3, 0.4) is 0 Å². The van der Waals surface area contributed by atoms with Crippen molar-refractivity contribution in [3.05, 3.63) is 62.3 Å². The molecule has 1 N–H and O–H groups in total. The van der Waals surface area contributed by atoms with Crippen molar-refractivity contribution in [3.8, 4) is 0 Å². The van der Waals surface area contributed by atoms with Crippen molar-refractivity contribution in [2.75, 3.05) is 6.54 Å². The SMILES string of the molecule is O=C(NCCc1cccc(Cl)c1)c1cc(Br)cnc1Cl. The Morgan fingerprint density at radius 3 is 2.85 bits per heavy atom. The molecule has 1 heterocycles. The van der Waals surface area contributed by atoms with Gasteiger partial charge in [0.15, 0.2) is 0 Å². The van der Waals surface area contributed by atoms with E-state index in [-0.39, 0.29) is 11.1 Å². The van der Waals surface area contributed by atoms with Gasteiger partial charge in [0.2, 0.25) is 0 Å². The summed E-state index contributed by atoms with van der Waals surface area (Å²) in [5, 5.41) is 3.68. The molecule has 104 valence electrons. The third kappa shape index (κ3) is 4.20. The van der Waals surface area contributed by atoms with Crippen molar-refractivity contribution in [1.29, 1.82) is 0 Å². The molecule has 2 rings (SSSR count). The molecular formula is C14H11BrCl2N2O. The number of amides is 1. The average Bonchev–Trinajstić information content (AvgIpc) is 2.41. The Hall–Kier alpha value is -1.10. The summed E-state index contributed by atoms with van der Waals surface area (Å²) in [6.07, 6.45) is 2.25. The molecular weight excluding hydrogens is 363 g/mol. The van der Waals surface area contributed by atoms with Crippen molar-refractivity contribution in [2.24, 2.45) is 0 Å². The highest BCUT2D eigenvalue weighted by molar-refractivity contribution is 9.10. The summed E-state index contributed by atoms with van der Waals surface area (Å²) in [6.45, 7) is 0.502. The summed E-state index contributed by atoms with van der Waals surface area (Å²) in [6, 6.07) is 9.18. The highest BCUT2D eigenvalue weighted by Crippen LogP contribution is 2.18. The molecule has 0 aliphatic heterocycles. The van der Waals surface area contributed by atoms with E-state index >= 15 is 0 Å². The summed E-state index contributed by atoms with van der Waals surface area (Å²) in [5.41, 5.74) is 1.42. The molecule has 0 aliphatic rings. The standard InChI is InChI=1S/C14H11BrCl2N2O/c15-10-7-12(13(17)19-8-10)14(20)18-5-4-9-2-1-3-11(16)6-9/h1-3,6-8H,4-5H2,(H,18,20). The maximum absolute atomic E-state index is 12.0. The van der Waals surface area contributed by atoms with Crippen LogP contribution in [0, 0.1) is 0 Å². The normalized spacial score (nSPS) is 10.3. The van der Waals surface area contributed by atoms with Crippen LogP contribution in [0.4, 0.5) is 0 Å². The zero-order valence-electron chi connectivity index (χ0n) is 10.4. The number of aromatic nitrogens is 1. The molecule has 0 saturated carbocycles. The molecule has 3 nitrogen and oxygen atoms in total. The number of nitrogens with zero attached hydrogens (tertiary/aromatic N) is 1. The summed E-state index contributed by atoms with van der Waals surface area (Å²) >= 11 is 15.1. The highest BCUT2D eigenvalue weighted by atomic mass is 79.9. The predicted octanol–water partition coefficient (Wildman–Crippen LogP) is 4.12. The quantitative estimate of drug-likeness (QED) is 0.819. The van der Waals surface area contributed by atoms with Crippen LogP contribution in [0.15, 0.2) is 41.0 Å². The van der Waals surface area contributed by atoms with Crippen LogP contribution < -0.4 is 5.32 Å². The Kier molecular flexibility index (Phi) is 5.40. The first-order valence-electron chi connectivity index (χ1n) is 5.90. The lowest BCUT2D eigenvalue weighted by molar-refractivity contribution is 0.0954. The van der Waals surface area contributed by atoms with E-state index in [0.29, 0.717) is 28.0 Å². The summed E-state index contributed by atoms with van der Waals surface area (Å²) in [4.78, 5) is 15.9. The minimum Gasteiger partial charge on any atom is -0.352 e. The van der Waals surface area contributed by atoms with Crippen molar-refractivity contribution in [2.45, 2.75) is 6.42 Å². The molecule has 0 bridgehead atoms. The summed E-state index contributed by atoms with van der Waals surface area (Å²) in [5.74, 6) is -0.245. The minimum atomic E-state index is -0.245. The van der Waals surface area contributed by atoms with E-state index in [1.807, 2.05) is 24.3 Å². The van der Waals surface area contributed by atoms with Crippen LogP contribution in [0.5, 0.6) is 0 Å². The smallest absolute Gasteiger partial charge is 0.254 e. The van der Waals surface area contributed by atoms with Gasteiger partial charge in [-0.2, -0.15) is 0 Å². The molecule has 1 aromatic heterocycles. The monoisotopic (exact) mass is 372 g/mol. The second-order valence-corrected chi connectivity index (χ2v) is 5.84. The molecule has 0 fully saturated rings. The average molecular weight is 374 g/mol. The van der Waals surface area contributed by atoms with E-state index in [0.717, 1.165) is 5.56 Å². The fraction of sp³-hybridized carbons (Fsp3) is 0.143. The Balaban J connectivity index is 1.94. The second kappa shape index (κ2) is 7.07. The van der Waals surface area contributed by atoms with Crippen LogP contribution in [0.1, 0.15) is 15.9 Å². The van der Waals surface area contributed by atoms with E-state index < -0.39 is 0 Å². The van der Waals surface area contributed by atoms with Gasteiger partial charge in [0.1, 0.15) is 5.15 Å². The fourth-order valence-electron chi connectivity index (χ4n) is 1.69. The van der Waals surface area contributed by atoms with Crippen molar-refractivity contribution in [1.82, 2.24) is 10.3 Å². The Morgan fingerprint density at radius 1 is 1.30 bits per heavy atom. The first-order chi connectivity index (χ1) is 9.56. The topological polar surface area (TPSA) is 42.0 Å². The Bertz CT molecular complexity index is 634. The molecule has 0 radical (unpaired) electrons. The number of nitrogens with one attached hydrogen (secondary N) is 1. The van der Waals surface area contributed by atoms with Gasteiger partial charge in [-0.25, -0.2) is 4.98 Å². The number of carbonyl (C=O) groups excluding carboxylic acids is 1. The van der Waals surface area contributed by atoms with E-state index in [9.17, 15) is 4.79 Å². The van der Waals surface area contributed by atoms with Crippen LogP contribution >= 0.6 is 39.1 Å². The number of pyridine rings is 1. The molecule has 0 saturated heterocycles. The van der Waals surface area contributed by atoms with E-state index in [1.54, 1.807) is 12.3 Å². The largest absolute Gasteiger partial charge is 0.352 e. The van der Waals surface area contributed by atoms with Crippen molar-refractivity contribution < 1.29 is 4.79 Å². The maximum Gasteiger partial charge on any atom is 0.254 e. The van der Waals surface area contributed by atoms with E-state index in [4.69, 9.17) is 23.2 Å². The number of carbonyl (C=O) groups is 1. The van der Waals surface area contributed by atoms with E-state index in [2.05, 4.69) is 26.2 Å². The molecule has 0 unspecified atom stereocenters. The Morgan fingerprint density at radius 2 is 2.10 bits per heavy atom. The van der Waals surface area contributed by atoms with Gasteiger partial charge in [0, 0.05) is 22.2 Å². The van der Waals surface area contributed by atoms with Gasteiger partial charge in [-0.1, -0.05) is 35.3 Å². The van der Waals surface area contributed by atoms with Gasteiger partial charge in [0.05, 0.1) is 5.56 Å². The van der Waals surface area contributed by atoms with Gasteiger partial charge in [0.25, 0.3) is 5.91 Å². The van der Waals surface area contributed by atoms with Gasteiger partial charge in [-0.15, -0.1) is 0 Å². The lowest BCUT2D eigenvalue weighted by Crippen LogP contribution is -2.26. The minimum absolute atomic E-state index is 0.188. The molecule has 1 amide bonds. The molecule has 0 spiro atoms. The maximum atomic E-state index is 12.0. The zero-order chi connectivity index (χ0) is 14.5. The third-order valence-electron chi connectivity index (χ3n) is 2.64. The van der Waals surface area contributed by atoms with Crippen LogP contribution in [0.2, 0.25) is 10.2 Å². The molecule has 6 heteroatoms. The van der Waals surface area contributed by atoms with Crippen LogP contribution in [0.25, 0.3) is 0 Å². The van der Waals surface area contributed by atoms with E-state index in [1.165, 1.54) is 0 Å². The molecule has 20 heavy (non-hydrogen) atoms. The van der Waals surface area contributed by atoms with Crippen molar-refractivity contribution in [3.63, 3.8) is 0 Å². The number of halogens is 3. The number of hydrogen-bond acceptors (Lipinski definition) is 2. The number of hydrogen-bond donors (Lipinski definition) is 1. The summed E-state index contributed by atoms with van der Waals surface area (Å²) < 4.78 is 0.710. The van der Waals surface area contributed by atoms with Gasteiger partial charge < -0.3 is 5.32 Å². The van der Waals surface area contributed by atoms with Crippen LogP contribution in [-0.4, -0.2) is 17.4 Å². The summed E-state index contributed by atoms with van der Waals surface area (Å²) in [7, 11) is 0. The lowest BCUT2D eigenvalue weighted by atomic mass is 10.1. The van der Waals surface area contributed by atoms with Crippen LogP contribution in [-0.2, 0) is 6.42 Å². The van der Waals surface area contributed by atoms with Gasteiger partial charge >= 0.3 is 0 Å². The van der Waals surface area contributed by atoms with Crippen molar-refractivity contribution >= 4 is 45.0 Å². The number of rotatable bonds is 4. The number of benzene rings is 1. The predicted molar refractivity (Wildman–Crippen MR) is 84.4 cm³/mol. The molecule has 1 aromatic carbocycles. The van der Waals surface area contributed by atoms with Gasteiger partial charge in [-0.3, -0.25) is 4.79 Å². The first-order valence-corrected chi connectivity index (χ1v) is 7.45. The molecule has 2 aromatic rings. The van der Waals surface area contributed by atoms with Gasteiger partial charge in [-0.05, 0) is 46.1 Å². The zero-order valence-corrected chi connectivity index (χ0v) is 13.5.